The normalized spacial score (nSPS) is 16.0. The first-order valence-corrected chi connectivity index (χ1v) is 11.6. The Kier molecular flexibility index (Phi) is 5.79. The topological polar surface area (TPSA) is 106 Å². The minimum atomic E-state index is -0.676. The average molecular weight is 492 g/mol. The van der Waals surface area contributed by atoms with Crippen LogP contribution in [0, 0.1) is 24.1 Å². The second-order valence-electron chi connectivity index (χ2n) is 8.87. The van der Waals surface area contributed by atoms with Crippen LogP contribution in [0.15, 0.2) is 36.5 Å². The fraction of sp³-hybridized carbons (Fsp3) is 0.280. The van der Waals surface area contributed by atoms with Gasteiger partial charge in [0, 0.05) is 49.0 Å². The molecule has 8 nitrogen and oxygen atoms in total. The molecule has 4 aromatic rings. The van der Waals surface area contributed by atoms with Gasteiger partial charge < -0.3 is 10.6 Å². The number of nitriles is 1. The lowest BCUT2D eigenvalue weighted by molar-refractivity contribution is 0.0703. The summed E-state index contributed by atoms with van der Waals surface area (Å²) in [6.45, 7) is 2.92. The molecule has 0 saturated carbocycles. The van der Waals surface area contributed by atoms with E-state index in [9.17, 15) is 9.18 Å². The Morgan fingerprint density at radius 2 is 2.11 bits per heavy atom. The summed E-state index contributed by atoms with van der Waals surface area (Å²) in [4.78, 5) is 19.7. The molecule has 35 heavy (non-hydrogen) atoms. The second-order valence-corrected chi connectivity index (χ2v) is 9.23. The van der Waals surface area contributed by atoms with Crippen LogP contribution in [0.25, 0.3) is 28.0 Å². The number of fused-ring (bicyclic) bond motifs is 1. The van der Waals surface area contributed by atoms with Crippen molar-refractivity contribution < 1.29 is 9.18 Å². The lowest BCUT2D eigenvalue weighted by Gasteiger charge is -2.30. The molecule has 1 amide bonds. The van der Waals surface area contributed by atoms with Crippen molar-refractivity contribution in [2.45, 2.75) is 25.8 Å². The zero-order chi connectivity index (χ0) is 24.9. The summed E-state index contributed by atoms with van der Waals surface area (Å²) in [7, 11) is 1.84. The number of carbonyl (C=O) groups excluding carboxylic acids is 1. The van der Waals surface area contributed by atoms with Crippen molar-refractivity contribution in [2.75, 3.05) is 13.1 Å². The van der Waals surface area contributed by atoms with E-state index < -0.39 is 5.82 Å². The number of nitrogens with two attached hydrogens (primary N) is 1. The predicted octanol–water partition coefficient (Wildman–Crippen LogP) is 3.96. The molecule has 1 aliphatic heterocycles. The highest BCUT2D eigenvalue weighted by Crippen LogP contribution is 2.33. The average Bonchev–Trinajstić information content (AvgIpc) is 3.38. The van der Waals surface area contributed by atoms with Gasteiger partial charge in [-0.25, -0.2) is 9.37 Å². The lowest BCUT2D eigenvalue weighted by atomic mass is 10.1. The number of aryl methyl sites for hydroxylation is 2. The number of aromatic nitrogens is 4. The molecule has 1 aliphatic rings. The van der Waals surface area contributed by atoms with Crippen LogP contribution in [0.1, 0.15) is 34.5 Å². The maximum atomic E-state index is 14.6. The van der Waals surface area contributed by atoms with Gasteiger partial charge in [0.15, 0.2) is 5.69 Å². The van der Waals surface area contributed by atoms with Gasteiger partial charge in [-0.1, -0.05) is 11.6 Å². The van der Waals surface area contributed by atoms with Gasteiger partial charge in [0.25, 0.3) is 5.91 Å². The minimum absolute atomic E-state index is 0.0736. The molecule has 0 spiro atoms. The molecule has 2 N–H and O–H groups in total. The number of amides is 1. The molecule has 0 radical (unpaired) electrons. The second kappa shape index (κ2) is 8.80. The number of piperidine rings is 1. The zero-order valence-corrected chi connectivity index (χ0v) is 20.1. The van der Waals surface area contributed by atoms with E-state index in [0.29, 0.717) is 30.2 Å². The molecule has 178 valence electrons. The fourth-order valence-corrected chi connectivity index (χ4v) is 4.90. The third-order valence-electron chi connectivity index (χ3n) is 6.27. The molecular weight excluding hydrogens is 469 g/mol. The Hall–Kier alpha value is -3.74. The summed E-state index contributed by atoms with van der Waals surface area (Å²) in [5, 5.41) is 14.6. The number of likely N-dealkylation sites (tertiary alicyclic amines) is 1. The molecule has 2 aromatic carbocycles. The standard InChI is InChI=1S/C25H23ClFN7O/c1-14-8-19(9-17-12-32(2)31-21(14)17)34-23(26)22(25(35)33-7-3-4-18(29)13-33)30-24(34)15-5-6-16(11-28)20(27)10-15/h5-6,8-10,12,18H,3-4,7,13,29H2,1-2H3/t18-/m1/s1. The number of nitrogens with zero attached hydrogens (tertiary/aromatic N) is 6. The van der Waals surface area contributed by atoms with Gasteiger partial charge in [-0.3, -0.25) is 14.0 Å². The summed E-state index contributed by atoms with van der Waals surface area (Å²) in [5.41, 5.74) is 8.89. The van der Waals surface area contributed by atoms with Gasteiger partial charge in [0.05, 0.1) is 11.1 Å². The van der Waals surface area contributed by atoms with Crippen LogP contribution in [0.4, 0.5) is 4.39 Å². The van der Waals surface area contributed by atoms with Crippen molar-refractivity contribution in [1.82, 2.24) is 24.2 Å². The Morgan fingerprint density at radius 1 is 1.31 bits per heavy atom. The van der Waals surface area contributed by atoms with Crippen molar-refractivity contribution in [3.05, 3.63) is 64.3 Å². The lowest BCUT2D eigenvalue weighted by Crippen LogP contribution is -2.45. The van der Waals surface area contributed by atoms with Crippen LogP contribution in [0.3, 0.4) is 0 Å². The SMILES string of the molecule is Cc1cc(-n2c(-c3ccc(C#N)c(F)c3)nc(C(=O)N3CCC[C@@H](N)C3)c2Cl)cc2cn(C)nc12. The molecular formula is C25H23ClFN7O. The van der Waals surface area contributed by atoms with E-state index in [-0.39, 0.29) is 28.4 Å². The summed E-state index contributed by atoms with van der Waals surface area (Å²) >= 11 is 6.83. The third kappa shape index (κ3) is 4.05. The zero-order valence-electron chi connectivity index (χ0n) is 19.3. The van der Waals surface area contributed by atoms with E-state index in [1.54, 1.807) is 20.2 Å². The number of imidazole rings is 1. The van der Waals surface area contributed by atoms with Crippen LogP contribution < -0.4 is 5.73 Å². The van der Waals surface area contributed by atoms with E-state index in [1.165, 1.54) is 12.1 Å². The van der Waals surface area contributed by atoms with Gasteiger partial charge in [0.1, 0.15) is 22.9 Å². The number of carbonyl (C=O) groups is 1. The maximum absolute atomic E-state index is 14.6. The molecule has 0 unspecified atom stereocenters. The van der Waals surface area contributed by atoms with Gasteiger partial charge in [-0.2, -0.15) is 10.4 Å². The number of hydrogen-bond donors (Lipinski definition) is 1. The van der Waals surface area contributed by atoms with Crippen molar-refractivity contribution in [3.8, 4) is 23.1 Å². The summed E-state index contributed by atoms with van der Waals surface area (Å²) in [6, 6.07) is 9.73. The van der Waals surface area contributed by atoms with Crippen LogP contribution in [-0.4, -0.2) is 49.3 Å². The van der Waals surface area contributed by atoms with Gasteiger partial charge in [-0.15, -0.1) is 0 Å². The summed E-state index contributed by atoms with van der Waals surface area (Å²) in [6.07, 6.45) is 3.54. The first-order chi connectivity index (χ1) is 16.8. The molecule has 5 rings (SSSR count). The Labute approximate surface area is 206 Å². The first kappa shape index (κ1) is 23.0. The molecule has 1 atom stereocenters. The van der Waals surface area contributed by atoms with E-state index in [0.717, 1.165) is 29.3 Å². The fourth-order valence-electron chi connectivity index (χ4n) is 4.59. The minimum Gasteiger partial charge on any atom is -0.336 e. The smallest absolute Gasteiger partial charge is 0.275 e. The van der Waals surface area contributed by atoms with Crippen molar-refractivity contribution >= 4 is 28.4 Å². The van der Waals surface area contributed by atoms with Crippen LogP contribution in [0.2, 0.25) is 5.15 Å². The van der Waals surface area contributed by atoms with E-state index >= 15 is 0 Å². The van der Waals surface area contributed by atoms with E-state index in [2.05, 4.69) is 10.1 Å². The molecule has 0 aliphatic carbocycles. The highest BCUT2D eigenvalue weighted by Gasteiger charge is 2.29. The largest absolute Gasteiger partial charge is 0.336 e. The maximum Gasteiger partial charge on any atom is 0.275 e. The molecule has 3 heterocycles. The summed E-state index contributed by atoms with van der Waals surface area (Å²) in [5.74, 6) is -0.700. The Bertz CT molecular complexity index is 1520. The van der Waals surface area contributed by atoms with Crippen molar-refractivity contribution in [3.63, 3.8) is 0 Å². The highest BCUT2D eigenvalue weighted by molar-refractivity contribution is 6.33. The Morgan fingerprint density at radius 3 is 2.83 bits per heavy atom. The van der Waals surface area contributed by atoms with E-state index in [1.807, 2.05) is 38.4 Å². The van der Waals surface area contributed by atoms with Crippen molar-refractivity contribution in [1.29, 1.82) is 5.26 Å². The highest BCUT2D eigenvalue weighted by atomic mass is 35.5. The summed E-state index contributed by atoms with van der Waals surface area (Å²) < 4.78 is 17.9. The number of halogens is 2. The van der Waals surface area contributed by atoms with Crippen LogP contribution >= 0.6 is 11.6 Å². The van der Waals surface area contributed by atoms with Gasteiger partial charge in [0.2, 0.25) is 0 Å². The first-order valence-electron chi connectivity index (χ1n) is 11.2. The quantitative estimate of drug-likeness (QED) is 0.467. The Balaban J connectivity index is 1.71. The molecule has 2 aromatic heterocycles. The molecule has 1 saturated heterocycles. The number of benzene rings is 2. The number of hydrogen-bond acceptors (Lipinski definition) is 5. The van der Waals surface area contributed by atoms with Crippen molar-refractivity contribution in [2.24, 2.45) is 12.8 Å². The molecule has 10 heteroatoms. The number of rotatable bonds is 3. The van der Waals surface area contributed by atoms with Gasteiger partial charge in [-0.05, 0) is 55.7 Å². The van der Waals surface area contributed by atoms with Gasteiger partial charge >= 0.3 is 0 Å². The van der Waals surface area contributed by atoms with E-state index in [4.69, 9.17) is 22.6 Å². The third-order valence-corrected chi connectivity index (χ3v) is 6.62. The monoisotopic (exact) mass is 491 g/mol. The van der Waals surface area contributed by atoms with Crippen LogP contribution in [-0.2, 0) is 7.05 Å². The molecule has 1 fully saturated rings. The predicted molar refractivity (Wildman–Crippen MR) is 131 cm³/mol. The molecule has 0 bridgehead atoms. The van der Waals surface area contributed by atoms with Crippen LogP contribution in [0.5, 0.6) is 0 Å².